The first kappa shape index (κ1) is 12.9. The van der Waals surface area contributed by atoms with E-state index in [1.165, 1.54) is 0 Å². The summed E-state index contributed by atoms with van der Waals surface area (Å²) in [7, 11) is 0. The number of furan rings is 1. The highest BCUT2D eigenvalue weighted by atomic mass is 16.3. The SMILES string of the molecule is OCCCCNCc1ccc(-c2ccccc2)o1. The summed E-state index contributed by atoms with van der Waals surface area (Å²) in [6, 6.07) is 14.1. The Hall–Kier alpha value is -1.58. The summed E-state index contributed by atoms with van der Waals surface area (Å²) < 4.78 is 5.76. The fourth-order valence-electron chi connectivity index (χ4n) is 1.80. The maximum atomic E-state index is 8.67. The van der Waals surface area contributed by atoms with Gasteiger partial charge < -0.3 is 14.8 Å². The lowest BCUT2D eigenvalue weighted by Crippen LogP contribution is -2.14. The van der Waals surface area contributed by atoms with Crippen LogP contribution in [0.1, 0.15) is 18.6 Å². The second-order valence-corrected chi connectivity index (χ2v) is 4.24. The molecule has 96 valence electrons. The molecule has 18 heavy (non-hydrogen) atoms. The van der Waals surface area contributed by atoms with Crippen molar-refractivity contribution in [3.8, 4) is 11.3 Å². The van der Waals surface area contributed by atoms with Crippen molar-refractivity contribution < 1.29 is 9.52 Å². The molecule has 0 unspecified atom stereocenters. The number of aliphatic hydroxyl groups excluding tert-OH is 1. The van der Waals surface area contributed by atoms with Gasteiger partial charge >= 0.3 is 0 Å². The minimum absolute atomic E-state index is 0.264. The average Bonchev–Trinajstić information content (AvgIpc) is 2.88. The molecule has 0 bridgehead atoms. The van der Waals surface area contributed by atoms with Crippen molar-refractivity contribution in [2.24, 2.45) is 0 Å². The summed E-state index contributed by atoms with van der Waals surface area (Å²) in [4.78, 5) is 0. The van der Waals surface area contributed by atoms with Crippen LogP contribution in [0.4, 0.5) is 0 Å². The van der Waals surface area contributed by atoms with Crippen LogP contribution in [-0.4, -0.2) is 18.3 Å². The van der Waals surface area contributed by atoms with Crippen LogP contribution >= 0.6 is 0 Å². The van der Waals surface area contributed by atoms with E-state index in [2.05, 4.69) is 5.32 Å². The van der Waals surface area contributed by atoms with Crippen molar-refractivity contribution in [2.75, 3.05) is 13.2 Å². The van der Waals surface area contributed by atoms with E-state index in [4.69, 9.17) is 9.52 Å². The van der Waals surface area contributed by atoms with Gasteiger partial charge in [-0.25, -0.2) is 0 Å². The number of hydrogen-bond donors (Lipinski definition) is 2. The van der Waals surface area contributed by atoms with Crippen molar-refractivity contribution in [3.63, 3.8) is 0 Å². The smallest absolute Gasteiger partial charge is 0.134 e. The van der Waals surface area contributed by atoms with Crippen LogP contribution in [-0.2, 0) is 6.54 Å². The van der Waals surface area contributed by atoms with E-state index in [9.17, 15) is 0 Å². The Kier molecular flexibility index (Phi) is 5.00. The molecule has 2 N–H and O–H groups in total. The van der Waals surface area contributed by atoms with Gasteiger partial charge in [-0.05, 0) is 31.5 Å². The van der Waals surface area contributed by atoms with Crippen LogP contribution in [0.2, 0.25) is 0 Å². The number of nitrogens with one attached hydrogen (secondary N) is 1. The molecule has 0 aliphatic rings. The number of hydrogen-bond acceptors (Lipinski definition) is 3. The van der Waals surface area contributed by atoms with Crippen molar-refractivity contribution in [1.29, 1.82) is 0 Å². The second kappa shape index (κ2) is 6.99. The third-order valence-corrected chi connectivity index (χ3v) is 2.78. The predicted octanol–water partition coefficient (Wildman–Crippen LogP) is 2.81. The molecule has 0 aliphatic carbocycles. The van der Waals surface area contributed by atoms with Gasteiger partial charge in [0.25, 0.3) is 0 Å². The normalized spacial score (nSPS) is 10.7. The molecular formula is C15H19NO2. The van der Waals surface area contributed by atoms with Gasteiger partial charge in [0.1, 0.15) is 11.5 Å². The lowest BCUT2D eigenvalue weighted by atomic mass is 10.2. The maximum absolute atomic E-state index is 8.67. The highest BCUT2D eigenvalue weighted by Gasteiger charge is 2.03. The predicted molar refractivity (Wildman–Crippen MR) is 72.2 cm³/mol. The van der Waals surface area contributed by atoms with Crippen LogP contribution in [0, 0.1) is 0 Å². The fourth-order valence-corrected chi connectivity index (χ4v) is 1.80. The van der Waals surface area contributed by atoms with Crippen LogP contribution in [0.15, 0.2) is 46.9 Å². The zero-order valence-corrected chi connectivity index (χ0v) is 10.4. The van der Waals surface area contributed by atoms with E-state index in [0.717, 1.165) is 43.0 Å². The highest BCUT2D eigenvalue weighted by molar-refractivity contribution is 5.57. The summed E-state index contributed by atoms with van der Waals surface area (Å²) in [5.74, 6) is 1.85. The third kappa shape index (κ3) is 3.72. The lowest BCUT2D eigenvalue weighted by Gasteiger charge is -2.01. The molecule has 1 aromatic heterocycles. The van der Waals surface area contributed by atoms with E-state index in [1.807, 2.05) is 42.5 Å². The van der Waals surface area contributed by atoms with Gasteiger partial charge in [0.05, 0.1) is 6.54 Å². The highest BCUT2D eigenvalue weighted by Crippen LogP contribution is 2.21. The topological polar surface area (TPSA) is 45.4 Å². The van der Waals surface area contributed by atoms with E-state index < -0.39 is 0 Å². The summed E-state index contributed by atoms with van der Waals surface area (Å²) in [5, 5.41) is 12.0. The van der Waals surface area contributed by atoms with Gasteiger partial charge in [-0.15, -0.1) is 0 Å². The second-order valence-electron chi connectivity index (χ2n) is 4.24. The van der Waals surface area contributed by atoms with Gasteiger partial charge in [-0.3, -0.25) is 0 Å². The standard InChI is InChI=1S/C15H19NO2/c17-11-5-4-10-16-12-14-8-9-15(18-14)13-6-2-1-3-7-13/h1-3,6-9,16-17H,4-5,10-12H2. The zero-order chi connectivity index (χ0) is 12.6. The Labute approximate surface area is 107 Å². The molecule has 0 aliphatic heterocycles. The number of rotatable bonds is 7. The molecule has 1 heterocycles. The summed E-state index contributed by atoms with van der Waals surface area (Å²) in [5.41, 5.74) is 1.10. The first-order valence-corrected chi connectivity index (χ1v) is 6.36. The monoisotopic (exact) mass is 245 g/mol. The van der Waals surface area contributed by atoms with Gasteiger partial charge in [0.15, 0.2) is 0 Å². The molecule has 0 amide bonds. The van der Waals surface area contributed by atoms with E-state index in [-0.39, 0.29) is 6.61 Å². The van der Waals surface area contributed by atoms with Crippen molar-refractivity contribution >= 4 is 0 Å². The maximum Gasteiger partial charge on any atom is 0.134 e. The molecule has 0 fully saturated rings. The summed E-state index contributed by atoms with van der Waals surface area (Å²) >= 11 is 0. The molecule has 1 aromatic carbocycles. The van der Waals surface area contributed by atoms with E-state index in [0.29, 0.717) is 0 Å². The first-order chi connectivity index (χ1) is 8.90. The minimum atomic E-state index is 0.264. The van der Waals surface area contributed by atoms with Gasteiger partial charge in [-0.2, -0.15) is 0 Å². The lowest BCUT2D eigenvalue weighted by molar-refractivity contribution is 0.283. The van der Waals surface area contributed by atoms with E-state index >= 15 is 0 Å². The molecule has 0 atom stereocenters. The van der Waals surface area contributed by atoms with Crippen LogP contribution in [0.25, 0.3) is 11.3 Å². The Bertz CT molecular complexity index is 451. The third-order valence-electron chi connectivity index (χ3n) is 2.78. The quantitative estimate of drug-likeness (QED) is 0.737. The molecule has 2 aromatic rings. The van der Waals surface area contributed by atoms with E-state index in [1.54, 1.807) is 0 Å². The largest absolute Gasteiger partial charge is 0.460 e. The van der Waals surface area contributed by atoms with Crippen molar-refractivity contribution in [1.82, 2.24) is 5.32 Å². The number of aliphatic hydroxyl groups is 1. The van der Waals surface area contributed by atoms with Crippen LogP contribution in [0.3, 0.4) is 0 Å². The van der Waals surface area contributed by atoms with Crippen molar-refractivity contribution in [3.05, 3.63) is 48.2 Å². The fraction of sp³-hybridized carbons (Fsp3) is 0.333. The Morgan fingerprint density at radius 2 is 1.83 bits per heavy atom. The molecule has 0 saturated carbocycles. The molecular weight excluding hydrogens is 226 g/mol. The summed E-state index contributed by atoms with van der Waals surface area (Å²) in [6.07, 6.45) is 1.84. The molecule has 0 spiro atoms. The molecule has 0 saturated heterocycles. The molecule has 3 nitrogen and oxygen atoms in total. The molecule has 3 heteroatoms. The number of benzene rings is 1. The van der Waals surface area contributed by atoms with Gasteiger partial charge in [-0.1, -0.05) is 30.3 Å². The Balaban J connectivity index is 1.83. The van der Waals surface area contributed by atoms with Crippen molar-refractivity contribution in [2.45, 2.75) is 19.4 Å². The first-order valence-electron chi connectivity index (χ1n) is 6.36. The zero-order valence-electron chi connectivity index (χ0n) is 10.4. The molecule has 2 rings (SSSR count). The minimum Gasteiger partial charge on any atom is -0.460 e. The average molecular weight is 245 g/mol. The van der Waals surface area contributed by atoms with Crippen LogP contribution in [0.5, 0.6) is 0 Å². The Morgan fingerprint density at radius 3 is 2.61 bits per heavy atom. The number of unbranched alkanes of at least 4 members (excludes halogenated alkanes) is 1. The van der Waals surface area contributed by atoms with Gasteiger partial charge in [0, 0.05) is 12.2 Å². The summed E-state index contributed by atoms with van der Waals surface area (Å²) in [6.45, 7) is 1.90. The van der Waals surface area contributed by atoms with Gasteiger partial charge in [0.2, 0.25) is 0 Å². The Morgan fingerprint density at radius 1 is 1.00 bits per heavy atom. The molecule has 0 radical (unpaired) electrons. The van der Waals surface area contributed by atoms with Crippen LogP contribution < -0.4 is 5.32 Å².